The first kappa shape index (κ1) is 22.4. The Balaban J connectivity index is 1.44. The molecule has 4 aromatic rings. The Morgan fingerprint density at radius 2 is 1.70 bits per heavy atom. The number of amides is 1. The molecule has 1 aromatic heterocycles. The number of benzene rings is 3. The van der Waals surface area contributed by atoms with E-state index in [1.165, 1.54) is 30.3 Å². The fraction of sp³-hybridized carbons (Fsp3) is 0.0909. The van der Waals surface area contributed by atoms with Crippen molar-refractivity contribution in [2.45, 2.75) is 4.90 Å². The Morgan fingerprint density at radius 3 is 2.48 bits per heavy atom. The van der Waals surface area contributed by atoms with Crippen molar-refractivity contribution >= 4 is 44.3 Å². The maximum Gasteiger partial charge on any atom is 0.323 e. The molecular formula is C22H19ClN4O5S. The number of hydrogen-bond acceptors (Lipinski definition) is 5. The highest BCUT2D eigenvalue weighted by Gasteiger charge is 2.19. The first-order valence-electron chi connectivity index (χ1n) is 9.82. The highest BCUT2D eigenvalue weighted by atomic mass is 35.5. The lowest BCUT2D eigenvalue weighted by atomic mass is 10.1. The maximum absolute atomic E-state index is 12.9. The van der Waals surface area contributed by atoms with Gasteiger partial charge in [-0.1, -0.05) is 23.7 Å². The topological polar surface area (TPSA) is 133 Å². The number of aromatic nitrogens is 2. The van der Waals surface area contributed by atoms with Gasteiger partial charge in [-0.05, 0) is 54.6 Å². The lowest BCUT2D eigenvalue weighted by molar-refractivity contribution is 0.0948. The van der Waals surface area contributed by atoms with Crippen molar-refractivity contribution in [3.63, 3.8) is 0 Å². The van der Waals surface area contributed by atoms with Crippen LogP contribution in [0.3, 0.4) is 0 Å². The second-order valence-electron chi connectivity index (χ2n) is 7.00. The van der Waals surface area contributed by atoms with E-state index in [9.17, 15) is 18.0 Å². The molecule has 0 aliphatic rings. The van der Waals surface area contributed by atoms with E-state index in [1.54, 1.807) is 36.4 Å². The molecule has 0 unspecified atom stereocenters. The maximum atomic E-state index is 12.9. The molecule has 1 amide bonds. The predicted molar refractivity (Wildman–Crippen MR) is 125 cm³/mol. The number of halogens is 1. The fourth-order valence-electron chi connectivity index (χ4n) is 3.11. The van der Waals surface area contributed by atoms with Crippen LogP contribution in [0.5, 0.6) is 5.75 Å². The molecule has 0 saturated heterocycles. The smallest absolute Gasteiger partial charge is 0.323 e. The first-order chi connectivity index (χ1) is 15.8. The number of carbonyl (C=O) groups excluding carboxylic acids is 1. The molecular weight excluding hydrogens is 468 g/mol. The summed E-state index contributed by atoms with van der Waals surface area (Å²) < 4.78 is 33.8. The Morgan fingerprint density at radius 1 is 0.970 bits per heavy atom. The molecule has 0 atom stereocenters. The molecule has 0 fully saturated rings. The highest BCUT2D eigenvalue weighted by Crippen LogP contribution is 2.22. The summed E-state index contributed by atoms with van der Waals surface area (Å²) in [6, 6.07) is 17.3. The fourth-order valence-corrected chi connectivity index (χ4v) is 4.34. The zero-order valence-electron chi connectivity index (χ0n) is 17.1. The van der Waals surface area contributed by atoms with Crippen molar-refractivity contribution in [1.82, 2.24) is 15.3 Å². The number of H-pyrrole nitrogens is 2. The molecule has 1 heterocycles. The number of anilines is 1. The van der Waals surface area contributed by atoms with Gasteiger partial charge in [-0.15, -0.1) is 0 Å². The molecule has 4 N–H and O–H groups in total. The third-order valence-corrected chi connectivity index (χ3v) is 6.30. The third-order valence-electron chi connectivity index (χ3n) is 4.68. The molecule has 0 spiro atoms. The van der Waals surface area contributed by atoms with E-state index >= 15 is 0 Å². The summed E-state index contributed by atoms with van der Waals surface area (Å²) in [7, 11) is -4.02. The van der Waals surface area contributed by atoms with E-state index in [0.29, 0.717) is 21.8 Å². The summed E-state index contributed by atoms with van der Waals surface area (Å²) in [6.45, 7) is 0.427. The summed E-state index contributed by atoms with van der Waals surface area (Å²) in [4.78, 5) is 29.1. The van der Waals surface area contributed by atoms with E-state index in [0.717, 1.165) is 0 Å². The first-order valence-corrected chi connectivity index (χ1v) is 11.7. The van der Waals surface area contributed by atoms with Crippen LogP contribution in [0.1, 0.15) is 10.4 Å². The quantitative estimate of drug-likeness (QED) is 0.284. The standard InChI is InChI=1S/C22H19ClN4O5S/c23-14-5-7-15(8-6-14)32-12-11-24-21(28)17-3-1-2-4-18(17)27-33(30,31)16-9-10-19-20(13-16)26-22(29)25-19/h1-10,13,27H,11-12H2,(H,24,28)(H2,25,26,29). The van der Waals surface area contributed by atoms with Gasteiger partial charge < -0.3 is 20.0 Å². The van der Waals surface area contributed by atoms with Crippen LogP contribution in [0.15, 0.2) is 76.4 Å². The third kappa shape index (κ3) is 5.36. The molecule has 33 heavy (non-hydrogen) atoms. The van der Waals surface area contributed by atoms with Gasteiger partial charge in [0.15, 0.2) is 0 Å². The number of fused-ring (bicyclic) bond motifs is 1. The van der Waals surface area contributed by atoms with E-state index < -0.39 is 21.6 Å². The average Bonchev–Trinajstić information content (AvgIpc) is 3.17. The summed E-state index contributed by atoms with van der Waals surface area (Å²) in [5.41, 5.74) is 0.684. The van der Waals surface area contributed by atoms with E-state index in [4.69, 9.17) is 16.3 Å². The zero-order valence-corrected chi connectivity index (χ0v) is 18.7. The van der Waals surface area contributed by atoms with E-state index in [-0.39, 0.29) is 29.3 Å². The summed E-state index contributed by atoms with van der Waals surface area (Å²) in [5, 5.41) is 3.30. The molecule has 0 saturated carbocycles. The van der Waals surface area contributed by atoms with Gasteiger partial charge in [-0.3, -0.25) is 9.52 Å². The van der Waals surface area contributed by atoms with Gasteiger partial charge >= 0.3 is 5.69 Å². The number of hydrogen-bond donors (Lipinski definition) is 4. The number of carbonyl (C=O) groups is 1. The van der Waals surface area contributed by atoms with Crippen LogP contribution >= 0.6 is 11.6 Å². The molecule has 0 aliphatic carbocycles. The zero-order chi connectivity index (χ0) is 23.4. The van der Waals surface area contributed by atoms with Crippen molar-refractivity contribution in [3.05, 3.63) is 87.8 Å². The number of ether oxygens (including phenoxy) is 1. The molecule has 0 bridgehead atoms. The number of rotatable bonds is 8. The van der Waals surface area contributed by atoms with Crippen molar-refractivity contribution in [1.29, 1.82) is 0 Å². The number of nitrogens with one attached hydrogen (secondary N) is 4. The van der Waals surface area contributed by atoms with Crippen LogP contribution in [-0.4, -0.2) is 37.4 Å². The van der Waals surface area contributed by atoms with Crippen molar-refractivity contribution in [2.24, 2.45) is 0 Å². The Bertz CT molecular complexity index is 1460. The van der Waals surface area contributed by atoms with Gasteiger partial charge in [0.2, 0.25) is 0 Å². The Hall–Kier alpha value is -3.76. The molecule has 0 aliphatic heterocycles. The van der Waals surface area contributed by atoms with Crippen LogP contribution in [0.4, 0.5) is 5.69 Å². The predicted octanol–water partition coefficient (Wildman–Crippen LogP) is 3.12. The van der Waals surface area contributed by atoms with E-state index in [2.05, 4.69) is 20.0 Å². The number of imidazole rings is 1. The SMILES string of the molecule is O=C(NCCOc1ccc(Cl)cc1)c1ccccc1NS(=O)(=O)c1ccc2[nH]c(=O)[nH]c2c1. The van der Waals surface area contributed by atoms with Crippen molar-refractivity contribution in [2.75, 3.05) is 17.9 Å². The Kier molecular flexibility index (Phi) is 6.38. The number of para-hydroxylation sites is 1. The summed E-state index contributed by atoms with van der Waals surface area (Å²) >= 11 is 5.83. The van der Waals surface area contributed by atoms with Gasteiger partial charge in [0.1, 0.15) is 12.4 Å². The molecule has 0 radical (unpaired) electrons. The van der Waals surface area contributed by atoms with Gasteiger partial charge in [-0.25, -0.2) is 13.2 Å². The second kappa shape index (κ2) is 9.39. The van der Waals surface area contributed by atoms with Gasteiger partial charge in [0, 0.05) is 5.02 Å². The lowest BCUT2D eigenvalue weighted by Gasteiger charge is -2.13. The summed E-state index contributed by atoms with van der Waals surface area (Å²) in [6.07, 6.45) is 0. The molecule has 11 heteroatoms. The highest BCUT2D eigenvalue weighted by molar-refractivity contribution is 7.92. The molecule has 4 rings (SSSR count). The lowest BCUT2D eigenvalue weighted by Crippen LogP contribution is -2.29. The average molecular weight is 487 g/mol. The van der Waals surface area contributed by atoms with Crippen LogP contribution in [-0.2, 0) is 10.0 Å². The van der Waals surface area contributed by atoms with E-state index in [1.807, 2.05) is 0 Å². The van der Waals surface area contributed by atoms with Crippen LogP contribution in [0.25, 0.3) is 11.0 Å². The second-order valence-corrected chi connectivity index (χ2v) is 9.11. The van der Waals surface area contributed by atoms with Gasteiger partial charge in [0.05, 0.1) is 33.7 Å². The molecule has 170 valence electrons. The number of sulfonamides is 1. The van der Waals surface area contributed by atoms with Crippen molar-refractivity contribution < 1.29 is 17.9 Å². The summed E-state index contributed by atoms with van der Waals surface area (Å²) in [5.74, 6) is 0.154. The minimum absolute atomic E-state index is 0.0585. The normalized spacial score (nSPS) is 11.3. The van der Waals surface area contributed by atoms with Crippen LogP contribution in [0.2, 0.25) is 5.02 Å². The van der Waals surface area contributed by atoms with Crippen LogP contribution in [0, 0.1) is 0 Å². The van der Waals surface area contributed by atoms with Crippen LogP contribution < -0.4 is 20.5 Å². The van der Waals surface area contributed by atoms with Gasteiger partial charge in [-0.2, -0.15) is 0 Å². The number of aromatic amines is 2. The molecule has 9 nitrogen and oxygen atoms in total. The Labute approximate surface area is 193 Å². The molecule has 3 aromatic carbocycles. The van der Waals surface area contributed by atoms with Crippen molar-refractivity contribution in [3.8, 4) is 5.75 Å². The minimum Gasteiger partial charge on any atom is -0.492 e. The minimum atomic E-state index is -4.02. The largest absolute Gasteiger partial charge is 0.492 e. The monoisotopic (exact) mass is 486 g/mol. The van der Waals surface area contributed by atoms with Gasteiger partial charge in [0.25, 0.3) is 15.9 Å².